The van der Waals surface area contributed by atoms with Gasteiger partial charge in [-0.25, -0.2) is 9.68 Å². The van der Waals surface area contributed by atoms with Crippen LogP contribution < -0.4 is 5.63 Å². The maximum absolute atomic E-state index is 11.0. The van der Waals surface area contributed by atoms with Gasteiger partial charge >= 0.3 is 5.63 Å². The molecule has 1 aromatic carbocycles. The Hall–Kier alpha value is -1.65. The molecule has 0 aliphatic rings. The van der Waals surface area contributed by atoms with Crippen molar-refractivity contribution in [3.8, 4) is 0 Å². The monoisotopic (exact) mass is 206 g/mol. The summed E-state index contributed by atoms with van der Waals surface area (Å²) >= 11 is 0. The first-order valence-corrected chi connectivity index (χ1v) is 4.55. The maximum atomic E-state index is 11.0. The molecule has 0 aliphatic carbocycles. The van der Waals surface area contributed by atoms with E-state index in [-0.39, 0.29) is 0 Å². The highest BCUT2D eigenvalue weighted by atomic mass is 17.1. The summed E-state index contributed by atoms with van der Waals surface area (Å²) in [6.07, 6.45) is -0.445. The van der Waals surface area contributed by atoms with Crippen LogP contribution in [-0.4, -0.2) is 5.26 Å². The standard InChI is InChI=1S/C11H10O4/c1-7(15-13)9-3-2-8-4-5-11(12)14-10(8)6-9/h2-7,13H,1H3. The third-order valence-corrected chi connectivity index (χ3v) is 2.27. The Labute approximate surface area is 85.6 Å². The fraction of sp³-hybridized carbons (Fsp3) is 0.182. The molecule has 1 atom stereocenters. The summed E-state index contributed by atoms with van der Waals surface area (Å²) in [4.78, 5) is 15.2. The topological polar surface area (TPSA) is 59.7 Å². The average molecular weight is 206 g/mol. The van der Waals surface area contributed by atoms with Crippen molar-refractivity contribution >= 4 is 11.0 Å². The Bertz CT molecular complexity index is 529. The highest BCUT2D eigenvalue weighted by molar-refractivity contribution is 5.76. The molecule has 0 aliphatic heterocycles. The van der Waals surface area contributed by atoms with Crippen LogP contribution in [0, 0.1) is 0 Å². The van der Waals surface area contributed by atoms with Crippen LogP contribution in [0.2, 0.25) is 0 Å². The third kappa shape index (κ3) is 1.91. The van der Waals surface area contributed by atoms with Crippen LogP contribution in [0.4, 0.5) is 0 Å². The van der Waals surface area contributed by atoms with Gasteiger partial charge in [0.15, 0.2) is 0 Å². The van der Waals surface area contributed by atoms with Gasteiger partial charge in [0.1, 0.15) is 11.7 Å². The highest BCUT2D eigenvalue weighted by Gasteiger charge is 2.06. The van der Waals surface area contributed by atoms with E-state index in [1.54, 1.807) is 19.1 Å². The second-order valence-corrected chi connectivity index (χ2v) is 3.30. The molecule has 0 fully saturated rings. The van der Waals surface area contributed by atoms with Crippen molar-refractivity contribution in [1.29, 1.82) is 0 Å². The average Bonchev–Trinajstić information content (AvgIpc) is 2.27. The summed E-state index contributed by atoms with van der Waals surface area (Å²) in [6.45, 7) is 1.70. The zero-order valence-electron chi connectivity index (χ0n) is 8.14. The lowest BCUT2D eigenvalue weighted by Crippen LogP contribution is -1.98. The van der Waals surface area contributed by atoms with Gasteiger partial charge in [0, 0.05) is 11.5 Å². The fourth-order valence-electron chi connectivity index (χ4n) is 1.39. The molecule has 1 unspecified atom stereocenters. The largest absolute Gasteiger partial charge is 0.423 e. The molecule has 4 nitrogen and oxygen atoms in total. The Balaban J connectivity index is 2.59. The van der Waals surface area contributed by atoms with Crippen molar-refractivity contribution in [3.63, 3.8) is 0 Å². The molecule has 0 saturated heterocycles. The van der Waals surface area contributed by atoms with E-state index < -0.39 is 11.7 Å². The second kappa shape index (κ2) is 3.84. The van der Waals surface area contributed by atoms with Gasteiger partial charge in [-0.2, -0.15) is 0 Å². The van der Waals surface area contributed by atoms with Crippen LogP contribution >= 0.6 is 0 Å². The van der Waals surface area contributed by atoms with Crippen molar-refractivity contribution in [2.24, 2.45) is 0 Å². The molecule has 2 rings (SSSR count). The summed E-state index contributed by atoms with van der Waals surface area (Å²) in [5.41, 5.74) is 0.848. The lowest BCUT2D eigenvalue weighted by molar-refractivity contribution is -0.277. The minimum absolute atomic E-state index is 0.391. The van der Waals surface area contributed by atoms with Crippen LogP contribution in [0.15, 0.2) is 39.5 Å². The van der Waals surface area contributed by atoms with Crippen LogP contribution in [-0.2, 0) is 4.89 Å². The molecule has 0 saturated carbocycles. The first-order chi connectivity index (χ1) is 7.20. The molecule has 4 heteroatoms. The minimum atomic E-state index is -0.445. The van der Waals surface area contributed by atoms with Crippen molar-refractivity contribution in [3.05, 3.63) is 46.3 Å². The van der Waals surface area contributed by atoms with Gasteiger partial charge in [-0.1, -0.05) is 12.1 Å². The van der Waals surface area contributed by atoms with E-state index in [1.807, 2.05) is 12.1 Å². The number of fused-ring (bicyclic) bond motifs is 1. The number of hydrogen-bond donors (Lipinski definition) is 1. The Morgan fingerprint density at radius 3 is 2.80 bits per heavy atom. The highest BCUT2D eigenvalue weighted by Crippen LogP contribution is 2.20. The second-order valence-electron chi connectivity index (χ2n) is 3.30. The van der Waals surface area contributed by atoms with Crippen LogP contribution in [0.25, 0.3) is 11.0 Å². The van der Waals surface area contributed by atoms with Gasteiger partial charge in [0.25, 0.3) is 0 Å². The van der Waals surface area contributed by atoms with E-state index in [9.17, 15) is 4.79 Å². The number of hydrogen-bond acceptors (Lipinski definition) is 4. The lowest BCUT2D eigenvalue weighted by atomic mass is 10.1. The maximum Gasteiger partial charge on any atom is 0.336 e. The first kappa shape index (κ1) is 9.89. The molecule has 1 N–H and O–H groups in total. The predicted octanol–water partition coefficient (Wildman–Crippen LogP) is 2.34. The van der Waals surface area contributed by atoms with Crippen LogP contribution in [0.3, 0.4) is 0 Å². The molecule has 0 spiro atoms. The molecular formula is C11H10O4. The Morgan fingerprint density at radius 1 is 1.33 bits per heavy atom. The molecule has 0 amide bonds. The molecule has 1 aromatic heterocycles. The van der Waals surface area contributed by atoms with E-state index >= 15 is 0 Å². The van der Waals surface area contributed by atoms with E-state index in [0.717, 1.165) is 10.9 Å². The third-order valence-electron chi connectivity index (χ3n) is 2.27. The SMILES string of the molecule is CC(OO)c1ccc2ccc(=O)oc2c1. The molecule has 78 valence electrons. The van der Waals surface area contributed by atoms with Gasteiger partial charge in [-0.15, -0.1) is 0 Å². The van der Waals surface area contributed by atoms with Gasteiger partial charge in [-0.05, 0) is 24.6 Å². The molecular weight excluding hydrogens is 196 g/mol. The fourth-order valence-corrected chi connectivity index (χ4v) is 1.39. The quantitative estimate of drug-likeness (QED) is 0.465. The number of benzene rings is 1. The first-order valence-electron chi connectivity index (χ1n) is 4.55. The molecule has 0 bridgehead atoms. The number of rotatable bonds is 2. The van der Waals surface area contributed by atoms with E-state index in [4.69, 9.17) is 9.67 Å². The van der Waals surface area contributed by atoms with Gasteiger partial charge < -0.3 is 4.42 Å². The van der Waals surface area contributed by atoms with Crippen LogP contribution in [0.1, 0.15) is 18.6 Å². The Kier molecular flexibility index (Phi) is 2.53. The van der Waals surface area contributed by atoms with E-state index in [0.29, 0.717) is 5.58 Å². The van der Waals surface area contributed by atoms with Gasteiger partial charge in [0.2, 0.25) is 0 Å². The van der Waals surface area contributed by atoms with Crippen LogP contribution in [0.5, 0.6) is 0 Å². The van der Waals surface area contributed by atoms with Crippen molar-refractivity contribution in [2.75, 3.05) is 0 Å². The van der Waals surface area contributed by atoms with Crippen molar-refractivity contribution in [1.82, 2.24) is 0 Å². The summed E-state index contributed by atoms with van der Waals surface area (Å²) in [5, 5.41) is 9.36. The lowest BCUT2D eigenvalue weighted by Gasteiger charge is -2.07. The smallest absolute Gasteiger partial charge is 0.336 e. The summed E-state index contributed by atoms with van der Waals surface area (Å²) in [5.74, 6) is 0. The Morgan fingerprint density at radius 2 is 2.07 bits per heavy atom. The summed E-state index contributed by atoms with van der Waals surface area (Å²) < 4.78 is 5.00. The molecule has 15 heavy (non-hydrogen) atoms. The normalized spacial score (nSPS) is 12.9. The van der Waals surface area contributed by atoms with E-state index in [1.165, 1.54) is 6.07 Å². The van der Waals surface area contributed by atoms with E-state index in [2.05, 4.69) is 4.89 Å². The van der Waals surface area contributed by atoms with Crippen molar-refractivity contribution in [2.45, 2.75) is 13.0 Å². The summed E-state index contributed by atoms with van der Waals surface area (Å²) in [6, 6.07) is 8.35. The minimum Gasteiger partial charge on any atom is -0.423 e. The van der Waals surface area contributed by atoms with Gasteiger partial charge in [-0.3, -0.25) is 5.26 Å². The summed E-state index contributed by atoms with van der Waals surface area (Å²) in [7, 11) is 0. The molecule has 1 heterocycles. The molecule has 2 aromatic rings. The molecule has 0 radical (unpaired) electrons. The van der Waals surface area contributed by atoms with Gasteiger partial charge in [0.05, 0.1) is 0 Å². The van der Waals surface area contributed by atoms with Crippen molar-refractivity contribution < 1.29 is 14.6 Å². The predicted molar refractivity (Wildman–Crippen MR) is 54.6 cm³/mol. The zero-order chi connectivity index (χ0) is 10.8. The zero-order valence-corrected chi connectivity index (χ0v) is 8.14.